The first-order valence-electron chi connectivity index (χ1n) is 6.63. The summed E-state index contributed by atoms with van der Waals surface area (Å²) in [5, 5.41) is 0. The second kappa shape index (κ2) is 4.28. The summed E-state index contributed by atoms with van der Waals surface area (Å²) in [5.41, 5.74) is 14.9. The highest BCUT2D eigenvalue weighted by Crippen LogP contribution is 2.35. The molecule has 1 aromatic rings. The maximum atomic E-state index is 12.2. The van der Waals surface area contributed by atoms with Crippen LogP contribution in [0.5, 0.6) is 0 Å². The first-order chi connectivity index (χ1) is 8.66. The summed E-state index contributed by atoms with van der Waals surface area (Å²) in [5.74, 6) is 0.203. The van der Waals surface area contributed by atoms with Gasteiger partial charge in [-0.15, -0.1) is 0 Å². The zero-order valence-corrected chi connectivity index (χ0v) is 10.4. The first kappa shape index (κ1) is 11.5. The van der Waals surface area contributed by atoms with Crippen molar-refractivity contribution >= 4 is 17.3 Å². The lowest BCUT2D eigenvalue weighted by Crippen LogP contribution is -2.49. The van der Waals surface area contributed by atoms with Crippen LogP contribution in [0.3, 0.4) is 0 Å². The lowest BCUT2D eigenvalue weighted by molar-refractivity contribution is -0.119. The number of benzene rings is 1. The number of aryl methyl sites for hydroxylation is 1. The van der Waals surface area contributed by atoms with E-state index < -0.39 is 0 Å². The Kier molecular flexibility index (Phi) is 2.74. The summed E-state index contributed by atoms with van der Waals surface area (Å²) < 4.78 is 0. The quantitative estimate of drug-likeness (QED) is 0.735. The number of anilines is 2. The van der Waals surface area contributed by atoms with Crippen LogP contribution in [0.15, 0.2) is 18.2 Å². The predicted molar refractivity (Wildman–Crippen MR) is 72.3 cm³/mol. The average molecular weight is 245 g/mol. The van der Waals surface area contributed by atoms with Crippen molar-refractivity contribution in [2.45, 2.75) is 44.2 Å². The molecule has 4 N–H and O–H groups in total. The van der Waals surface area contributed by atoms with Gasteiger partial charge in [0.25, 0.3) is 0 Å². The molecule has 2 unspecified atom stereocenters. The third kappa shape index (κ3) is 1.77. The van der Waals surface area contributed by atoms with Crippen molar-refractivity contribution in [3.8, 4) is 0 Å². The van der Waals surface area contributed by atoms with E-state index in [9.17, 15) is 4.79 Å². The number of nitrogens with zero attached hydrogens (tertiary/aromatic N) is 1. The highest BCUT2D eigenvalue weighted by molar-refractivity contribution is 5.97. The molecule has 1 heterocycles. The number of carbonyl (C=O) groups excluding carboxylic acids is 1. The molecule has 0 spiro atoms. The number of nitrogen functional groups attached to an aromatic ring is 1. The van der Waals surface area contributed by atoms with E-state index >= 15 is 0 Å². The SMILES string of the molecule is Nc1ccc2c(c1)CCC(=O)N2C1CCCC1N. The van der Waals surface area contributed by atoms with Crippen LogP contribution in [-0.2, 0) is 11.2 Å². The van der Waals surface area contributed by atoms with Gasteiger partial charge in [0.05, 0.1) is 6.04 Å². The molecule has 3 rings (SSSR count). The molecule has 18 heavy (non-hydrogen) atoms. The Balaban J connectivity index is 2.01. The molecule has 4 nitrogen and oxygen atoms in total. The lowest BCUT2D eigenvalue weighted by atomic mass is 9.97. The fraction of sp³-hybridized carbons (Fsp3) is 0.500. The summed E-state index contributed by atoms with van der Waals surface area (Å²) in [4.78, 5) is 14.1. The Morgan fingerprint density at radius 2 is 2.06 bits per heavy atom. The van der Waals surface area contributed by atoms with Crippen LogP contribution in [0.2, 0.25) is 0 Å². The van der Waals surface area contributed by atoms with Gasteiger partial charge in [-0.3, -0.25) is 4.79 Å². The Bertz CT molecular complexity index is 486. The van der Waals surface area contributed by atoms with Crippen LogP contribution < -0.4 is 16.4 Å². The minimum Gasteiger partial charge on any atom is -0.399 e. The number of hydrogen-bond donors (Lipinski definition) is 2. The van der Waals surface area contributed by atoms with Crippen molar-refractivity contribution in [3.05, 3.63) is 23.8 Å². The molecule has 1 amide bonds. The van der Waals surface area contributed by atoms with Crippen molar-refractivity contribution in [1.29, 1.82) is 0 Å². The van der Waals surface area contributed by atoms with Gasteiger partial charge in [0, 0.05) is 23.8 Å². The van der Waals surface area contributed by atoms with Gasteiger partial charge >= 0.3 is 0 Å². The number of rotatable bonds is 1. The minimum absolute atomic E-state index is 0.109. The molecule has 96 valence electrons. The van der Waals surface area contributed by atoms with E-state index in [2.05, 4.69) is 0 Å². The Morgan fingerprint density at radius 3 is 2.78 bits per heavy atom. The summed E-state index contributed by atoms with van der Waals surface area (Å²) >= 11 is 0. The van der Waals surface area contributed by atoms with Crippen molar-refractivity contribution in [2.24, 2.45) is 5.73 Å². The van der Waals surface area contributed by atoms with Crippen molar-refractivity contribution in [2.75, 3.05) is 10.6 Å². The molecule has 1 aliphatic carbocycles. The van der Waals surface area contributed by atoms with Crippen LogP contribution in [0.1, 0.15) is 31.2 Å². The van der Waals surface area contributed by atoms with E-state index in [1.54, 1.807) is 0 Å². The zero-order chi connectivity index (χ0) is 12.7. The van der Waals surface area contributed by atoms with Crippen LogP contribution in [0.25, 0.3) is 0 Å². The molecule has 1 aromatic carbocycles. The minimum atomic E-state index is 0.109. The molecular formula is C14H19N3O. The summed E-state index contributed by atoms with van der Waals surface area (Å²) in [6.07, 6.45) is 4.49. The Morgan fingerprint density at radius 1 is 1.22 bits per heavy atom. The van der Waals surface area contributed by atoms with Gasteiger partial charge in [-0.25, -0.2) is 0 Å². The fourth-order valence-corrected chi connectivity index (χ4v) is 3.19. The zero-order valence-electron chi connectivity index (χ0n) is 10.4. The molecular weight excluding hydrogens is 226 g/mol. The molecule has 0 aromatic heterocycles. The second-order valence-electron chi connectivity index (χ2n) is 5.31. The van der Waals surface area contributed by atoms with Gasteiger partial charge in [0.2, 0.25) is 5.91 Å². The van der Waals surface area contributed by atoms with Gasteiger partial charge in [-0.05, 0) is 49.4 Å². The molecule has 0 radical (unpaired) electrons. The second-order valence-corrected chi connectivity index (χ2v) is 5.31. The van der Waals surface area contributed by atoms with Crippen molar-refractivity contribution < 1.29 is 4.79 Å². The summed E-state index contributed by atoms with van der Waals surface area (Å²) in [7, 11) is 0. The number of nitrogens with two attached hydrogens (primary N) is 2. The van der Waals surface area contributed by atoms with Crippen LogP contribution in [0.4, 0.5) is 11.4 Å². The van der Waals surface area contributed by atoms with E-state index in [0.29, 0.717) is 6.42 Å². The maximum absolute atomic E-state index is 12.2. The lowest BCUT2D eigenvalue weighted by Gasteiger charge is -2.36. The van der Waals surface area contributed by atoms with E-state index in [1.807, 2.05) is 23.1 Å². The normalized spacial score (nSPS) is 27.4. The predicted octanol–water partition coefficient (Wildman–Crippen LogP) is 1.43. The van der Waals surface area contributed by atoms with Crippen molar-refractivity contribution in [3.63, 3.8) is 0 Å². The van der Waals surface area contributed by atoms with Gasteiger partial charge < -0.3 is 16.4 Å². The van der Waals surface area contributed by atoms with Gasteiger partial charge in [-0.2, -0.15) is 0 Å². The molecule has 0 saturated heterocycles. The molecule has 1 aliphatic heterocycles. The van der Waals surface area contributed by atoms with E-state index in [1.165, 1.54) is 5.56 Å². The van der Waals surface area contributed by atoms with E-state index in [-0.39, 0.29) is 18.0 Å². The average Bonchev–Trinajstić information content (AvgIpc) is 2.76. The van der Waals surface area contributed by atoms with Gasteiger partial charge in [-0.1, -0.05) is 0 Å². The number of hydrogen-bond acceptors (Lipinski definition) is 3. The molecule has 2 atom stereocenters. The Labute approximate surface area is 107 Å². The van der Waals surface area contributed by atoms with Crippen LogP contribution in [-0.4, -0.2) is 18.0 Å². The van der Waals surface area contributed by atoms with E-state index in [4.69, 9.17) is 11.5 Å². The maximum Gasteiger partial charge on any atom is 0.227 e. The highest BCUT2D eigenvalue weighted by atomic mass is 16.2. The first-order valence-corrected chi connectivity index (χ1v) is 6.63. The topological polar surface area (TPSA) is 72.4 Å². The van der Waals surface area contributed by atoms with E-state index in [0.717, 1.165) is 37.1 Å². The smallest absolute Gasteiger partial charge is 0.227 e. The molecule has 1 fully saturated rings. The molecule has 0 bridgehead atoms. The number of amides is 1. The van der Waals surface area contributed by atoms with Gasteiger partial charge in [0.1, 0.15) is 0 Å². The summed E-state index contributed by atoms with van der Waals surface area (Å²) in [6.45, 7) is 0. The standard InChI is InChI=1S/C14H19N3O/c15-10-5-6-12-9(8-10)4-7-14(18)17(12)13-3-1-2-11(13)16/h5-6,8,11,13H,1-4,7,15-16H2. The summed E-state index contributed by atoms with van der Waals surface area (Å²) in [6, 6.07) is 6.09. The number of carbonyl (C=O) groups is 1. The number of fused-ring (bicyclic) bond motifs is 1. The Hall–Kier alpha value is -1.55. The molecule has 2 aliphatic rings. The molecule has 4 heteroatoms. The molecule has 1 saturated carbocycles. The van der Waals surface area contributed by atoms with Gasteiger partial charge in [0.15, 0.2) is 0 Å². The van der Waals surface area contributed by atoms with Crippen LogP contribution >= 0.6 is 0 Å². The highest BCUT2D eigenvalue weighted by Gasteiger charge is 2.36. The van der Waals surface area contributed by atoms with Crippen molar-refractivity contribution in [1.82, 2.24) is 0 Å². The van der Waals surface area contributed by atoms with Crippen LogP contribution in [0, 0.1) is 0 Å². The fourth-order valence-electron chi connectivity index (χ4n) is 3.19. The monoisotopic (exact) mass is 245 g/mol. The third-order valence-corrected chi connectivity index (χ3v) is 4.10. The largest absolute Gasteiger partial charge is 0.399 e. The third-order valence-electron chi connectivity index (χ3n) is 4.10.